The van der Waals surface area contributed by atoms with Gasteiger partial charge in [-0.3, -0.25) is 0 Å². The van der Waals surface area contributed by atoms with Crippen molar-refractivity contribution in [2.75, 3.05) is 79.3 Å². The molecule has 4 N–H and O–H groups in total. The van der Waals surface area contributed by atoms with Gasteiger partial charge in [0.25, 0.3) is 0 Å². The molecular formula is C13H28O8. The normalized spacial score (nSPS) is 12.0. The number of aliphatic hydroxyl groups excluding tert-OH is 4. The van der Waals surface area contributed by atoms with E-state index in [-0.39, 0.29) is 66.1 Å². The van der Waals surface area contributed by atoms with E-state index in [1.807, 2.05) is 0 Å². The molecule has 0 spiro atoms. The smallest absolute Gasteiger partial charge is 0.0701 e. The summed E-state index contributed by atoms with van der Waals surface area (Å²) in [5, 5.41) is 35.6. The van der Waals surface area contributed by atoms with Crippen LogP contribution in [0.4, 0.5) is 0 Å². The highest BCUT2D eigenvalue weighted by atomic mass is 16.5. The predicted molar refractivity (Wildman–Crippen MR) is 74.1 cm³/mol. The number of rotatable bonds is 16. The fraction of sp³-hybridized carbons (Fsp3) is 1.00. The first-order valence-electron chi connectivity index (χ1n) is 6.99. The van der Waals surface area contributed by atoms with Gasteiger partial charge in [-0.15, -0.1) is 0 Å². The zero-order valence-corrected chi connectivity index (χ0v) is 12.4. The highest BCUT2D eigenvalue weighted by molar-refractivity contribution is 4.78. The standard InChI is InChI=1S/C13H28O8/c14-1-4-18-7-8-21-12-13(9-17,10-19-5-2-15)11-20-6-3-16/h14-17H,1-12H2. The third-order valence-corrected chi connectivity index (χ3v) is 2.64. The van der Waals surface area contributed by atoms with Gasteiger partial charge in [-0.1, -0.05) is 0 Å². The molecule has 128 valence electrons. The molecule has 8 nitrogen and oxygen atoms in total. The maximum absolute atomic E-state index is 9.59. The maximum Gasteiger partial charge on any atom is 0.0701 e. The van der Waals surface area contributed by atoms with Crippen molar-refractivity contribution in [3.8, 4) is 0 Å². The van der Waals surface area contributed by atoms with Gasteiger partial charge < -0.3 is 39.4 Å². The molecule has 0 aliphatic rings. The van der Waals surface area contributed by atoms with E-state index in [1.165, 1.54) is 0 Å². The average molecular weight is 312 g/mol. The Morgan fingerprint density at radius 3 is 1.33 bits per heavy atom. The number of hydrogen-bond acceptors (Lipinski definition) is 8. The lowest BCUT2D eigenvalue weighted by atomic mass is 9.92. The summed E-state index contributed by atoms with van der Waals surface area (Å²) in [5.41, 5.74) is -0.749. The second kappa shape index (κ2) is 14.6. The molecule has 8 heteroatoms. The Kier molecular flexibility index (Phi) is 14.4. The third kappa shape index (κ3) is 11.0. The van der Waals surface area contributed by atoms with Gasteiger partial charge in [0.1, 0.15) is 0 Å². The molecule has 0 heterocycles. The number of aliphatic hydroxyl groups is 4. The van der Waals surface area contributed by atoms with Crippen LogP contribution in [0.2, 0.25) is 0 Å². The summed E-state index contributed by atoms with van der Waals surface area (Å²) in [5.74, 6) is 0. The van der Waals surface area contributed by atoms with Gasteiger partial charge in [0.15, 0.2) is 0 Å². The Hall–Kier alpha value is -0.320. The Bertz CT molecular complexity index is 204. The van der Waals surface area contributed by atoms with Gasteiger partial charge in [-0.05, 0) is 0 Å². The van der Waals surface area contributed by atoms with Crippen LogP contribution in [-0.2, 0) is 18.9 Å². The zero-order chi connectivity index (χ0) is 15.8. The van der Waals surface area contributed by atoms with Crippen LogP contribution in [0.25, 0.3) is 0 Å². The molecule has 0 aromatic rings. The first kappa shape index (κ1) is 20.7. The van der Waals surface area contributed by atoms with Crippen molar-refractivity contribution in [1.82, 2.24) is 0 Å². The van der Waals surface area contributed by atoms with Crippen molar-refractivity contribution in [3.63, 3.8) is 0 Å². The quantitative estimate of drug-likeness (QED) is 0.242. The average Bonchev–Trinajstić information content (AvgIpc) is 2.50. The molecule has 0 amide bonds. The highest BCUT2D eigenvalue weighted by Gasteiger charge is 2.31. The van der Waals surface area contributed by atoms with Crippen molar-refractivity contribution in [3.05, 3.63) is 0 Å². The lowest BCUT2D eigenvalue weighted by molar-refractivity contribution is -0.103. The summed E-state index contributed by atoms with van der Waals surface area (Å²) in [6.07, 6.45) is 0. The molecule has 0 fully saturated rings. The summed E-state index contributed by atoms with van der Waals surface area (Å²) >= 11 is 0. The lowest BCUT2D eigenvalue weighted by Crippen LogP contribution is -2.41. The molecule has 0 aliphatic carbocycles. The van der Waals surface area contributed by atoms with Crippen LogP contribution in [0.1, 0.15) is 0 Å². The molecule has 0 saturated heterocycles. The SMILES string of the molecule is OCCOCCOCC(CO)(COCCO)COCCO. The molecule has 21 heavy (non-hydrogen) atoms. The van der Waals surface area contributed by atoms with Crippen LogP contribution in [0, 0.1) is 5.41 Å². The van der Waals surface area contributed by atoms with E-state index in [0.29, 0.717) is 13.2 Å². The van der Waals surface area contributed by atoms with Crippen LogP contribution in [0.3, 0.4) is 0 Å². The molecule has 0 unspecified atom stereocenters. The fourth-order valence-electron chi connectivity index (χ4n) is 1.54. The van der Waals surface area contributed by atoms with Gasteiger partial charge in [-0.2, -0.15) is 0 Å². The van der Waals surface area contributed by atoms with Gasteiger partial charge in [0, 0.05) is 0 Å². The van der Waals surface area contributed by atoms with Crippen molar-refractivity contribution < 1.29 is 39.4 Å². The van der Waals surface area contributed by atoms with Crippen LogP contribution in [0.5, 0.6) is 0 Å². The van der Waals surface area contributed by atoms with E-state index in [0.717, 1.165) is 0 Å². The van der Waals surface area contributed by atoms with Crippen LogP contribution in [-0.4, -0.2) is 99.7 Å². The molecule has 0 saturated carbocycles. The summed E-state index contributed by atoms with van der Waals surface area (Å²) in [6, 6.07) is 0. The van der Waals surface area contributed by atoms with E-state index in [2.05, 4.69) is 0 Å². The number of ether oxygens (including phenoxy) is 4. The second-order valence-corrected chi connectivity index (χ2v) is 4.60. The van der Waals surface area contributed by atoms with Gasteiger partial charge in [0.05, 0.1) is 84.7 Å². The first-order chi connectivity index (χ1) is 10.2. The lowest BCUT2D eigenvalue weighted by Gasteiger charge is -2.31. The fourth-order valence-corrected chi connectivity index (χ4v) is 1.54. The summed E-state index contributed by atoms with van der Waals surface area (Å²) in [4.78, 5) is 0. The Morgan fingerprint density at radius 2 is 0.905 bits per heavy atom. The minimum Gasteiger partial charge on any atom is -0.396 e. The van der Waals surface area contributed by atoms with E-state index >= 15 is 0 Å². The van der Waals surface area contributed by atoms with E-state index in [4.69, 9.17) is 34.3 Å². The molecule has 0 aliphatic heterocycles. The highest BCUT2D eigenvalue weighted by Crippen LogP contribution is 2.18. The topological polar surface area (TPSA) is 118 Å². The van der Waals surface area contributed by atoms with Crippen LogP contribution in [0.15, 0.2) is 0 Å². The Morgan fingerprint density at radius 1 is 0.524 bits per heavy atom. The molecule has 0 bridgehead atoms. The van der Waals surface area contributed by atoms with E-state index in [9.17, 15) is 5.11 Å². The first-order valence-corrected chi connectivity index (χ1v) is 6.99. The van der Waals surface area contributed by atoms with Crippen LogP contribution >= 0.6 is 0 Å². The van der Waals surface area contributed by atoms with Crippen LogP contribution < -0.4 is 0 Å². The molecule has 0 radical (unpaired) electrons. The van der Waals surface area contributed by atoms with Crippen molar-refractivity contribution in [2.45, 2.75) is 0 Å². The monoisotopic (exact) mass is 312 g/mol. The van der Waals surface area contributed by atoms with Gasteiger partial charge in [0.2, 0.25) is 0 Å². The largest absolute Gasteiger partial charge is 0.396 e. The minimum atomic E-state index is -0.749. The third-order valence-electron chi connectivity index (χ3n) is 2.64. The van der Waals surface area contributed by atoms with Gasteiger partial charge in [-0.25, -0.2) is 0 Å². The zero-order valence-electron chi connectivity index (χ0n) is 12.4. The summed E-state index contributed by atoms with van der Waals surface area (Å²) < 4.78 is 21.0. The Labute approximate surface area is 125 Å². The molecule has 0 aromatic carbocycles. The molecule has 0 rings (SSSR count). The number of hydrogen-bond donors (Lipinski definition) is 4. The maximum atomic E-state index is 9.59. The second-order valence-electron chi connectivity index (χ2n) is 4.60. The van der Waals surface area contributed by atoms with Crippen molar-refractivity contribution in [2.24, 2.45) is 5.41 Å². The summed E-state index contributed by atoms with van der Waals surface area (Å²) in [6.45, 7) is 1.35. The predicted octanol–water partition coefficient (Wildman–Crippen LogP) is -1.99. The van der Waals surface area contributed by atoms with E-state index < -0.39 is 5.41 Å². The molecule has 0 aromatic heterocycles. The Balaban J connectivity index is 4.12. The molecular weight excluding hydrogens is 284 g/mol. The van der Waals surface area contributed by atoms with Crippen molar-refractivity contribution in [1.29, 1.82) is 0 Å². The molecule has 0 atom stereocenters. The summed E-state index contributed by atoms with van der Waals surface area (Å²) in [7, 11) is 0. The van der Waals surface area contributed by atoms with Crippen molar-refractivity contribution >= 4 is 0 Å². The minimum absolute atomic E-state index is 0.0371. The van der Waals surface area contributed by atoms with E-state index in [1.54, 1.807) is 0 Å². The van der Waals surface area contributed by atoms with Gasteiger partial charge >= 0.3 is 0 Å².